The number of halogens is 3. The highest BCUT2D eigenvalue weighted by Crippen LogP contribution is 2.17. The second kappa shape index (κ2) is 10.8. The Bertz CT molecular complexity index is 588. The Morgan fingerprint density at radius 3 is 2.58 bits per heavy atom. The van der Waals surface area contributed by atoms with E-state index in [0.29, 0.717) is 19.1 Å². The predicted octanol–water partition coefficient (Wildman–Crippen LogP) is 3.27. The molecule has 0 radical (unpaired) electrons. The normalized spacial score (nSPS) is 11.5. The summed E-state index contributed by atoms with van der Waals surface area (Å²) in [6.45, 7) is 5.52. The van der Waals surface area contributed by atoms with Crippen molar-refractivity contribution in [2.24, 2.45) is 5.92 Å². The van der Waals surface area contributed by atoms with Gasteiger partial charge in [-0.15, -0.1) is 0 Å². The van der Waals surface area contributed by atoms with Gasteiger partial charge in [-0.1, -0.05) is 26.0 Å². The third-order valence-corrected chi connectivity index (χ3v) is 3.24. The molecule has 0 heterocycles. The van der Waals surface area contributed by atoms with Gasteiger partial charge >= 0.3 is 18.1 Å². The first-order valence-electron chi connectivity index (χ1n) is 8.42. The Morgan fingerprint density at radius 1 is 1.19 bits per heavy atom. The molecule has 0 atom stereocenters. The maximum absolute atomic E-state index is 11.9. The van der Waals surface area contributed by atoms with Gasteiger partial charge in [0.15, 0.2) is 0 Å². The summed E-state index contributed by atoms with van der Waals surface area (Å²) in [6.07, 6.45) is -3.89. The van der Waals surface area contributed by atoms with Crippen molar-refractivity contribution < 1.29 is 32.2 Å². The van der Waals surface area contributed by atoms with E-state index in [1.54, 1.807) is 0 Å². The molecular weight excluding hydrogens is 351 g/mol. The van der Waals surface area contributed by atoms with E-state index in [1.165, 1.54) is 0 Å². The molecule has 1 aromatic rings. The molecular formula is C18H24F3NO4. The quantitative estimate of drug-likeness (QED) is 0.386. The minimum Gasteiger partial charge on any atom is -0.493 e. The smallest absolute Gasteiger partial charge is 0.491 e. The highest BCUT2D eigenvalue weighted by atomic mass is 19.4. The van der Waals surface area contributed by atoms with Crippen LogP contribution in [0.5, 0.6) is 5.75 Å². The number of carbonyl (C=O) groups is 2. The van der Waals surface area contributed by atoms with Crippen LogP contribution in [0.4, 0.5) is 13.2 Å². The molecule has 1 rings (SSSR count). The Hall–Kier alpha value is -2.09. The average molecular weight is 375 g/mol. The van der Waals surface area contributed by atoms with Crippen molar-refractivity contribution in [1.29, 1.82) is 0 Å². The molecule has 0 aliphatic heterocycles. The van der Waals surface area contributed by atoms with E-state index >= 15 is 0 Å². The van der Waals surface area contributed by atoms with Crippen molar-refractivity contribution in [1.82, 2.24) is 5.32 Å². The van der Waals surface area contributed by atoms with E-state index in [4.69, 9.17) is 4.74 Å². The molecule has 0 aliphatic rings. The van der Waals surface area contributed by atoms with Crippen LogP contribution in [0.15, 0.2) is 24.3 Å². The summed E-state index contributed by atoms with van der Waals surface area (Å²) in [5.74, 6) is -2.42. The molecule has 0 aliphatic carbocycles. The number of ether oxygens (including phenoxy) is 2. The van der Waals surface area contributed by atoms with Crippen LogP contribution >= 0.6 is 0 Å². The van der Waals surface area contributed by atoms with Gasteiger partial charge in [-0.05, 0) is 43.0 Å². The highest BCUT2D eigenvalue weighted by Gasteiger charge is 2.42. The third-order valence-electron chi connectivity index (χ3n) is 3.24. The molecule has 0 spiro atoms. The largest absolute Gasteiger partial charge is 0.493 e. The van der Waals surface area contributed by atoms with E-state index < -0.39 is 18.1 Å². The summed E-state index contributed by atoms with van der Waals surface area (Å²) in [4.78, 5) is 21.6. The SMILES string of the molecule is CC(C)COc1cccc(CCCNCCC(=O)OC(=O)C(F)(F)F)c1. The molecule has 8 heteroatoms. The summed E-state index contributed by atoms with van der Waals surface area (Å²) in [6, 6.07) is 7.79. The standard InChI is InChI=1S/C18H24F3NO4/c1-13(2)12-25-15-7-3-5-14(11-15)6-4-9-22-10-8-16(23)26-17(24)18(19,20)21/h3,5,7,11,13,22H,4,6,8-10,12H2,1-2H3. The third kappa shape index (κ3) is 9.41. The maximum atomic E-state index is 11.9. The van der Waals surface area contributed by atoms with E-state index in [9.17, 15) is 22.8 Å². The number of hydrogen-bond donors (Lipinski definition) is 1. The van der Waals surface area contributed by atoms with E-state index in [2.05, 4.69) is 23.9 Å². The molecule has 146 valence electrons. The lowest BCUT2D eigenvalue weighted by Crippen LogP contribution is -2.29. The van der Waals surface area contributed by atoms with Gasteiger partial charge in [0.2, 0.25) is 0 Å². The molecule has 0 bridgehead atoms. The van der Waals surface area contributed by atoms with Crippen molar-refractivity contribution >= 4 is 11.9 Å². The number of aryl methyl sites for hydroxylation is 1. The van der Waals surface area contributed by atoms with Crippen molar-refractivity contribution in [2.75, 3.05) is 19.7 Å². The second-order valence-corrected chi connectivity index (χ2v) is 6.22. The first-order chi connectivity index (χ1) is 12.2. The summed E-state index contributed by atoms with van der Waals surface area (Å²) in [7, 11) is 0. The minimum absolute atomic E-state index is 0.140. The van der Waals surface area contributed by atoms with Gasteiger partial charge in [0.05, 0.1) is 13.0 Å². The Balaban J connectivity index is 2.18. The van der Waals surface area contributed by atoms with Crippen molar-refractivity contribution in [3.63, 3.8) is 0 Å². The fraction of sp³-hybridized carbons (Fsp3) is 0.556. The van der Waals surface area contributed by atoms with Crippen LogP contribution in [-0.2, 0) is 20.7 Å². The number of rotatable bonds is 10. The van der Waals surface area contributed by atoms with Crippen LogP contribution in [0.2, 0.25) is 0 Å². The van der Waals surface area contributed by atoms with Gasteiger partial charge < -0.3 is 14.8 Å². The van der Waals surface area contributed by atoms with Gasteiger partial charge in [0.25, 0.3) is 0 Å². The molecule has 0 saturated heterocycles. The lowest BCUT2D eigenvalue weighted by molar-refractivity contribution is -0.201. The Labute approximate surface area is 150 Å². The number of nitrogens with one attached hydrogen (secondary N) is 1. The molecule has 0 unspecified atom stereocenters. The molecule has 0 fully saturated rings. The summed E-state index contributed by atoms with van der Waals surface area (Å²) < 4.78 is 45.1. The van der Waals surface area contributed by atoms with Gasteiger partial charge in [0, 0.05) is 6.54 Å². The van der Waals surface area contributed by atoms with Gasteiger partial charge in [-0.25, -0.2) is 4.79 Å². The van der Waals surface area contributed by atoms with Crippen LogP contribution in [0.25, 0.3) is 0 Å². The summed E-state index contributed by atoms with van der Waals surface area (Å²) in [5, 5.41) is 2.93. The molecule has 1 N–H and O–H groups in total. The molecule has 26 heavy (non-hydrogen) atoms. The topological polar surface area (TPSA) is 64.6 Å². The monoisotopic (exact) mass is 375 g/mol. The second-order valence-electron chi connectivity index (χ2n) is 6.22. The van der Waals surface area contributed by atoms with Crippen LogP contribution in [0, 0.1) is 5.92 Å². The molecule has 5 nitrogen and oxygen atoms in total. The number of esters is 2. The summed E-state index contributed by atoms with van der Waals surface area (Å²) >= 11 is 0. The van der Waals surface area contributed by atoms with E-state index in [1.807, 2.05) is 24.3 Å². The van der Waals surface area contributed by atoms with Crippen molar-refractivity contribution in [3.05, 3.63) is 29.8 Å². The van der Waals surface area contributed by atoms with Crippen LogP contribution in [0.3, 0.4) is 0 Å². The Morgan fingerprint density at radius 2 is 1.92 bits per heavy atom. The van der Waals surface area contributed by atoms with Gasteiger partial charge in [-0.3, -0.25) is 4.79 Å². The molecule has 0 saturated carbocycles. The summed E-state index contributed by atoms with van der Waals surface area (Å²) in [5.41, 5.74) is 1.11. The predicted molar refractivity (Wildman–Crippen MR) is 89.7 cm³/mol. The zero-order valence-corrected chi connectivity index (χ0v) is 14.9. The maximum Gasteiger partial charge on any atom is 0.491 e. The fourth-order valence-corrected chi connectivity index (χ4v) is 2.00. The highest BCUT2D eigenvalue weighted by molar-refractivity contribution is 5.88. The number of benzene rings is 1. The van der Waals surface area contributed by atoms with Gasteiger partial charge in [-0.2, -0.15) is 13.2 Å². The average Bonchev–Trinajstić information content (AvgIpc) is 2.55. The molecule has 1 aromatic carbocycles. The minimum atomic E-state index is -5.16. The lowest BCUT2D eigenvalue weighted by atomic mass is 10.1. The van der Waals surface area contributed by atoms with Crippen LogP contribution < -0.4 is 10.1 Å². The number of hydrogen-bond acceptors (Lipinski definition) is 5. The zero-order valence-electron chi connectivity index (χ0n) is 14.9. The van der Waals surface area contributed by atoms with Crippen LogP contribution in [-0.4, -0.2) is 37.8 Å². The van der Waals surface area contributed by atoms with E-state index in [-0.39, 0.29) is 13.0 Å². The number of carbonyl (C=O) groups excluding carboxylic acids is 2. The first kappa shape index (κ1) is 22.0. The number of alkyl halides is 3. The van der Waals surface area contributed by atoms with Crippen molar-refractivity contribution in [3.8, 4) is 5.75 Å². The molecule has 0 amide bonds. The van der Waals surface area contributed by atoms with Crippen molar-refractivity contribution in [2.45, 2.75) is 39.3 Å². The lowest BCUT2D eigenvalue weighted by Gasteiger charge is -2.10. The fourth-order valence-electron chi connectivity index (χ4n) is 2.00. The zero-order chi connectivity index (χ0) is 19.6. The molecule has 0 aromatic heterocycles. The van der Waals surface area contributed by atoms with Crippen LogP contribution in [0.1, 0.15) is 32.3 Å². The Kier molecular flexibility index (Phi) is 9.12. The van der Waals surface area contributed by atoms with E-state index in [0.717, 1.165) is 24.2 Å². The van der Waals surface area contributed by atoms with Gasteiger partial charge in [0.1, 0.15) is 5.75 Å². The first-order valence-corrected chi connectivity index (χ1v) is 8.42.